The summed E-state index contributed by atoms with van der Waals surface area (Å²) >= 11 is 0.593. The van der Waals surface area contributed by atoms with Gasteiger partial charge in [-0.15, -0.1) is 0 Å². The maximum Gasteiger partial charge on any atom is 0.210 e. The molecule has 0 aliphatic carbocycles. The molecule has 0 saturated carbocycles. The van der Waals surface area contributed by atoms with Crippen LogP contribution in [0, 0.1) is 0 Å². The van der Waals surface area contributed by atoms with Crippen LogP contribution in [0.4, 0.5) is 0 Å². The third-order valence-electron chi connectivity index (χ3n) is 0.480. The molecule has 0 amide bonds. The monoisotopic (exact) mass is 133 g/mol. The number of hydrogen-bond donors (Lipinski definition) is 2. The Hall–Kier alpha value is -0.480. The van der Waals surface area contributed by atoms with Gasteiger partial charge in [0.05, 0.1) is 12.2 Å². The first-order valence-corrected chi connectivity index (χ1v) is 2.81. The molecule has 46 valence electrons. The highest BCUT2D eigenvalue weighted by Gasteiger charge is 1.99. The third-order valence-corrected chi connectivity index (χ3v) is 0.887. The maximum atomic E-state index is 10.2. The minimum absolute atomic E-state index is 0.0544. The van der Waals surface area contributed by atoms with Gasteiger partial charge in [0.25, 0.3) is 0 Å². The molecule has 0 spiro atoms. The summed E-state index contributed by atoms with van der Waals surface area (Å²) in [7, 11) is 0. The molecule has 0 aromatic heterocycles. The van der Waals surface area contributed by atoms with Crippen molar-refractivity contribution in [1.82, 2.24) is 0 Å². The second kappa shape index (κ2) is 3.51. The van der Waals surface area contributed by atoms with Crippen molar-refractivity contribution < 1.29 is 9.90 Å². The van der Waals surface area contributed by atoms with E-state index in [0.717, 1.165) is 0 Å². The molecule has 0 atom stereocenters. The predicted octanol–water partition coefficient (Wildman–Crippen LogP) is 0.582. The number of carbonyl (C=O) groups excluding carboxylic acids is 1. The molecule has 8 heavy (non-hydrogen) atoms. The lowest BCUT2D eigenvalue weighted by atomic mass is 10.4. The van der Waals surface area contributed by atoms with Gasteiger partial charge in [-0.2, -0.15) is 0 Å². The summed E-state index contributed by atoms with van der Waals surface area (Å²) in [6.07, 6.45) is -0.0544. The minimum atomic E-state index is -0.280. The summed E-state index contributed by atoms with van der Waals surface area (Å²) in [6.45, 7) is 3.11. The van der Waals surface area contributed by atoms with Crippen molar-refractivity contribution in [3.05, 3.63) is 12.3 Å². The summed E-state index contributed by atoms with van der Waals surface area (Å²) < 4.78 is 0. The Morgan fingerprint density at radius 2 is 2.38 bits per heavy atom. The van der Waals surface area contributed by atoms with Crippen LogP contribution >= 0.6 is 11.9 Å². The molecular weight excluding hydrogens is 126 g/mol. The number of aliphatic hydroxyl groups is 1. The van der Waals surface area contributed by atoms with E-state index in [-0.39, 0.29) is 17.3 Å². The van der Waals surface area contributed by atoms with Crippen LogP contribution in [0.15, 0.2) is 12.3 Å². The fraction of sp³-hybridized carbons (Fsp3) is 0.250. The molecule has 0 bridgehead atoms. The van der Waals surface area contributed by atoms with E-state index in [1.165, 1.54) is 0 Å². The lowest BCUT2D eigenvalue weighted by Crippen LogP contribution is -1.96. The van der Waals surface area contributed by atoms with E-state index in [1.54, 1.807) is 0 Å². The molecule has 0 unspecified atom stereocenters. The highest BCUT2D eigenvalue weighted by molar-refractivity contribution is 8.11. The normalized spacial score (nSPS) is 8.62. The first-order chi connectivity index (χ1) is 3.66. The van der Waals surface area contributed by atoms with Crippen LogP contribution in [0.5, 0.6) is 0 Å². The molecule has 0 heterocycles. The Morgan fingerprint density at radius 3 is 2.50 bits per heavy atom. The molecule has 4 heteroatoms. The summed E-state index contributed by atoms with van der Waals surface area (Å²) in [5.41, 5.74) is 0. The summed E-state index contributed by atoms with van der Waals surface area (Å²) in [5, 5.41) is 12.9. The van der Waals surface area contributed by atoms with Crippen molar-refractivity contribution in [1.29, 1.82) is 0 Å². The molecule has 0 fully saturated rings. The van der Waals surface area contributed by atoms with E-state index in [9.17, 15) is 4.79 Å². The van der Waals surface area contributed by atoms with Crippen molar-refractivity contribution in [3.8, 4) is 0 Å². The smallest absolute Gasteiger partial charge is 0.210 e. The van der Waals surface area contributed by atoms with Crippen LogP contribution in [0.2, 0.25) is 0 Å². The standard InChI is InChI=1S/C4H7NO2S/c1-3(6)2-4(7)8-5/h6H,1-2,5H2. The predicted molar refractivity (Wildman–Crippen MR) is 33.2 cm³/mol. The molecule has 0 aromatic rings. The highest BCUT2D eigenvalue weighted by Crippen LogP contribution is 1.99. The third kappa shape index (κ3) is 3.70. The van der Waals surface area contributed by atoms with Gasteiger partial charge in [0, 0.05) is 0 Å². The van der Waals surface area contributed by atoms with E-state index in [1.807, 2.05) is 0 Å². The van der Waals surface area contributed by atoms with Gasteiger partial charge in [-0.05, 0) is 11.9 Å². The first-order valence-electron chi connectivity index (χ1n) is 1.93. The lowest BCUT2D eigenvalue weighted by molar-refractivity contribution is -0.110. The maximum absolute atomic E-state index is 10.2. The van der Waals surface area contributed by atoms with E-state index in [2.05, 4.69) is 6.58 Å². The second-order valence-corrected chi connectivity index (χ2v) is 1.92. The Morgan fingerprint density at radius 1 is 1.88 bits per heavy atom. The zero-order valence-corrected chi connectivity index (χ0v) is 5.07. The fourth-order valence-corrected chi connectivity index (χ4v) is 0.458. The molecule has 3 nitrogen and oxygen atoms in total. The molecule has 0 rings (SSSR count). The van der Waals surface area contributed by atoms with Crippen LogP contribution in [0.3, 0.4) is 0 Å². The number of nitrogens with two attached hydrogens (primary N) is 1. The molecule has 0 aromatic carbocycles. The van der Waals surface area contributed by atoms with Crippen molar-refractivity contribution in [2.45, 2.75) is 6.42 Å². The van der Waals surface area contributed by atoms with Gasteiger partial charge in [-0.25, -0.2) is 0 Å². The average molecular weight is 133 g/mol. The van der Waals surface area contributed by atoms with Gasteiger partial charge >= 0.3 is 0 Å². The van der Waals surface area contributed by atoms with E-state index < -0.39 is 0 Å². The van der Waals surface area contributed by atoms with Crippen LogP contribution < -0.4 is 5.14 Å². The summed E-state index contributed by atoms with van der Waals surface area (Å²) in [4.78, 5) is 10.2. The number of aliphatic hydroxyl groups excluding tert-OH is 1. The molecule has 3 N–H and O–H groups in total. The van der Waals surface area contributed by atoms with Crippen LogP contribution in [0.1, 0.15) is 6.42 Å². The number of hydrogen-bond acceptors (Lipinski definition) is 4. The van der Waals surface area contributed by atoms with Gasteiger partial charge in [-0.1, -0.05) is 6.58 Å². The largest absolute Gasteiger partial charge is 0.512 e. The van der Waals surface area contributed by atoms with E-state index in [4.69, 9.17) is 10.2 Å². The zero-order valence-electron chi connectivity index (χ0n) is 4.26. The molecule has 0 radical (unpaired) electrons. The van der Waals surface area contributed by atoms with Crippen LogP contribution in [-0.2, 0) is 4.79 Å². The number of carbonyl (C=O) groups is 1. The van der Waals surface area contributed by atoms with Crippen molar-refractivity contribution in [2.24, 2.45) is 5.14 Å². The van der Waals surface area contributed by atoms with Gasteiger partial charge in [0.15, 0.2) is 0 Å². The van der Waals surface area contributed by atoms with Crippen molar-refractivity contribution >= 4 is 17.1 Å². The summed E-state index contributed by atoms with van der Waals surface area (Å²) in [5.74, 6) is -0.145. The topological polar surface area (TPSA) is 63.3 Å². The average Bonchev–Trinajstić information content (AvgIpc) is 1.65. The SMILES string of the molecule is C=C(O)CC(=O)SN. The summed E-state index contributed by atoms with van der Waals surface area (Å²) in [6, 6.07) is 0. The van der Waals surface area contributed by atoms with Crippen molar-refractivity contribution in [3.63, 3.8) is 0 Å². The van der Waals surface area contributed by atoms with E-state index >= 15 is 0 Å². The minimum Gasteiger partial charge on any atom is -0.512 e. The first kappa shape index (κ1) is 7.52. The van der Waals surface area contributed by atoms with Gasteiger partial charge in [0.2, 0.25) is 5.12 Å². The molecule has 0 aliphatic heterocycles. The lowest BCUT2D eigenvalue weighted by Gasteiger charge is -1.90. The Balaban J connectivity index is 3.40. The van der Waals surface area contributed by atoms with Gasteiger partial charge < -0.3 is 5.11 Å². The molecular formula is C4H7NO2S. The Labute approximate surface area is 51.7 Å². The van der Waals surface area contributed by atoms with Crippen LogP contribution in [-0.4, -0.2) is 10.2 Å². The number of allylic oxidation sites excluding steroid dienone is 1. The Bertz CT molecular complexity index is 113. The van der Waals surface area contributed by atoms with Gasteiger partial charge in [-0.3, -0.25) is 9.93 Å². The molecule has 0 aliphatic rings. The quantitative estimate of drug-likeness (QED) is 0.427. The highest BCUT2D eigenvalue weighted by atomic mass is 32.2. The van der Waals surface area contributed by atoms with E-state index in [0.29, 0.717) is 11.9 Å². The second-order valence-electron chi connectivity index (χ2n) is 1.23. The number of rotatable bonds is 2. The van der Waals surface area contributed by atoms with Crippen molar-refractivity contribution in [2.75, 3.05) is 0 Å². The molecule has 0 saturated heterocycles. The Kier molecular flexibility index (Phi) is 3.30. The van der Waals surface area contributed by atoms with Crippen LogP contribution in [0.25, 0.3) is 0 Å². The zero-order chi connectivity index (χ0) is 6.57. The van der Waals surface area contributed by atoms with Gasteiger partial charge in [0.1, 0.15) is 0 Å². The fourth-order valence-electron chi connectivity index (χ4n) is 0.208.